The molecule has 4 rings (SSSR count). The van der Waals surface area contributed by atoms with Crippen LogP contribution in [0.5, 0.6) is 0 Å². The first kappa shape index (κ1) is 17.5. The maximum absolute atomic E-state index is 12.8. The molecule has 2 aromatic carbocycles. The van der Waals surface area contributed by atoms with Gasteiger partial charge in [-0.05, 0) is 49.9 Å². The number of anilines is 2. The Morgan fingerprint density at radius 1 is 1.04 bits per heavy atom. The topological polar surface area (TPSA) is 48.5 Å². The van der Waals surface area contributed by atoms with Gasteiger partial charge in [0.2, 0.25) is 0 Å². The van der Waals surface area contributed by atoms with Crippen molar-refractivity contribution in [3.05, 3.63) is 65.9 Å². The number of likely N-dealkylation sites (N-methyl/N-ethyl adjacent to an activating group) is 1. The lowest BCUT2D eigenvalue weighted by atomic mass is 10.1. The van der Waals surface area contributed by atoms with E-state index in [0.717, 1.165) is 42.8 Å². The largest absolute Gasteiger partial charge is 0.369 e. The van der Waals surface area contributed by atoms with Crippen LogP contribution in [-0.2, 0) is 0 Å². The zero-order valence-electron chi connectivity index (χ0n) is 15.8. The zero-order valence-corrected chi connectivity index (χ0v) is 15.8. The number of benzene rings is 2. The number of para-hydroxylation sites is 1. The van der Waals surface area contributed by atoms with E-state index in [-0.39, 0.29) is 5.91 Å². The average molecular weight is 360 g/mol. The second kappa shape index (κ2) is 7.37. The van der Waals surface area contributed by atoms with Crippen LogP contribution in [0.1, 0.15) is 15.9 Å². The highest BCUT2D eigenvalue weighted by Gasteiger charge is 2.17. The Bertz CT molecular complexity index is 972. The molecule has 0 bridgehead atoms. The summed E-state index contributed by atoms with van der Waals surface area (Å²) in [4.78, 5) is 21.9. The van der Waals surface area contributed by atoms with Crippen molar-refractivity contribution in [3.8, 4) is 0 Å². The lowest BCUT2D eigenvalue weighted by molar-refractivity contribution is 0.102. The van der Waals surface area contributed by atoms with E-state index in [2.05, 4.69) is 46.2 Å². The van der Waals surface area contributed by atoms with E-state index in [1.165, 1.54) is 11.3 Å². The van der Waals surface area contributed by atoms with Crippen LogP contribution >= 0.6 is 0 Å². The van der Waals surface area contributed by atoms with Crippen LogP contribution in [0.4, 0.5) is 11.4 Å². The molecule has 0 aliphatic carbocycles. The smallest absolute Gasteiger partial charge is 0.256 e. The molecule has 0 saturated carbocycles. The fraction of sp³-hybridized carbons (Fsp3) is 0.273. The van der Waals surface area contributed by atoms with Gasteiger partial charge in [-0.3, -0.25) is 9.78 Å². The van der Waals surface area contributed by atoms with Crippen molar-refractivity contribution < 1.29 is 4.79 Å². The minimum Gasteiger partial charge on any atom is -0.369 e. The van der Waals surface area contributed by atoms with E-state index in [1.54, 1.807) is 12.3 Å². The Balaban J connectivity index is 1.54. The number of piperazine rings is 1. The monoisotopic (exact) mass is 360 g/mol. The molecule has 3 aromatic rings. The summed E-state index contributed by atoms with van der Waals surface area (Å²) < 4.78 is 0. The summed E-state index contributed by atoms with van der Waals surface area (Å²) in [7, 11) is 2.16. The van der Waals surface area contributed by atoms with Crippen molar-refractivity contribution in [2.75, 3.05) is 43.4 Å². The molecule has 1 aliphatic heterocycles. The molecule has 5 nitrogen and oxygen atoms in total. The van der Waals surface area contributed by atoms with Crippen molar-refractivity contribution in [1.29, 1.82) is 0 Å². The number of hydrogen-bond acceptors (Lipinski definition) is 4. The molecule has 0 radical (unpaired) electrons. The molecule has 1 saturated heterocycles. The number of nitrogens with one attached hydrogen (secondary N) is 1. The molecule has 2 heterocycles. The number of carbonyl (C=O) groups is 1. The SMILES string of the molecule is Cc1cc(NC(=O)c2ccnc3ccccc23)ccc1N1CCN(C)CC1. The number of pyridine rings is 1. The number of rotatable bonds is 3. The molecule has 138 valence electrons. The third-order valence-corrected chi connectivity index (χ3v) is 5.19. The molecule has 1 aliphatic rings. The summed E-state index contributed by atoms with van der Waals surface area (Å²) in [5, 5.41) is 3.90. The van der Waals surface area contributed by atoms with Gasteiger partial charge >= 0.3 is 0 Å². The van der Waals surface area contributed by atoms with Crippen molar-refractivity contribution >= 4 is 28.2 Å². The molecule has 0 unspecified atom stereocenters. The molecule has 0 spiro atoms. The Morgan fingerprint density at radius 3 is 2.59 bits per heavy atom. The third-order valence-electron chi connectivity index (χ3n) is 5.19. The lowest BCUT2D eigenvalue weighted by Gasteiger charge is -2.35. The van der Waals surface area contributed by atoms with E-state index in [4.69, 9.17) is 0 Å². The van der Waals surface area contributed by atoms with Crippen LogP contribution in [-0.4, -0.2) is 49.0 Å². The summed E-state index contributed by atoms with van der Waals surface area (Å²) in [6, 6.07) is 15.6. The van der Waals surface area contributed by atoms with E-state index in [1.807, 2.05) is 30.3 Å². The number of amides is 1. The van der Waals surface area contributed by atoms with Gasteiger partial charge in [-0.1, -0.05) is 18.2 Å². The summed E-state index contributed by atoms with van der Waals surface area (Å²) in [6.45, 7) is 6.32. The van der Waals surface area contributed by atoms with Crippen LogP contribution in [0.25, 0.3) is 10.9 Å². The van der Waals surface area contributed by atoms with E-state index >= 15 is 0 Å². The normalized spacial score (nSPS) is 15.1. The predicted molar refractivity (Wildman–Crippen MR) is 111 cm³/mol. The van der Waals surface area contributed by atoms with Gasteiger partial charge in [0.15, 0.2) is 0 Å². The van der Waals surface area contributed by atoms with Gasteiger partial charge in [0.1, 0.15) is 0 Å². The number of hydrogen-bond donors (Lipinski definition) is 1. The Hall–Kier alpha value is -2.92. The minimum atomic E-state index is -0.111. The highest BCUT2D eigenvalue weighted by atomic mass is 16.1. The molecule has 0 atom stereocenters. The van der Waals surface area contributed by atoms with E-state index < -0.39 is 0 Å². The van der Waals surface area contributed by atoms with Gasteiger partial charge in [0.05, 0.1) is 11.1 Å². The minimum absolute atomic E-state index is 0.111. The van der Waals surface area contributed by atoms with E-state index in [0.29, 0.717) is 5.56 Å². The maximum atomic E-state index is 12.8. The van der Waals surface area contributed by atoms with Gasteiger partial charge in [-0.25, -0.2) is 0 Å². The molecule has 1 aromatic heterocycles. The van der Waals surface area contributed by atoms with Crippen LogP contribution in [0.3, 0.4) is 0 Å². The summed E-state index contributed by atoms with van der Waals surface area (Å²) in [6.07, 6.45) is 1.68. The number of carbonyl (C=O) groups excluding carboxylic acids is 1. The zero-order chi connectivity index (χ0) is 18.8. The van der Waals surface area contributed by atoms with Gasteiger partial charge in [-0.2, -0.15) is 0 Å². The Labute approximate surface area is 159 Å². The molecular formula is C22H24N4O. The van der Waals surface area contributed by atoms with Gasteiger partial charge in [0.25, 0.3) is 5.91 Å². The highest BCUT2D eigenvalue weighted by molar-refractivity contribution is 6.12. The maximum Gasteiger partial charge on any atom is 0.256 e. The molecule has 1 N–H and O–H groups in total. The van der Waals surface area contributed by atoms with Crippen molar-refractivity contribution in [2.24, 2.45) is 0 Å². The average Bonchev–Trinajstić information content (AvgIpc) is 2.68. The highest BCUT2D eigenvalue weighted by Crippen LogP contribution is 2.25. The fourth-order valence-corrected chi connectivity index (χ4v) is 3.63. The van der Waals surface area contributed by atoms with Crippen LogP contribution in [0.15, 0.2) is 54.7 Å². The van der Waals surface area contributed by atoms with Gasteiger partial charge in [0, 0.05) is 49.1 Å². The first-order valence-corrected chi connectivity index (χ1v) is 9.31. The number of fused-ring (bicyclic) bond motifs is 1. The van der Waals surface area contributed by atoms with Crippen molar-refractivity contribution in [2.45, 2.75) is 6.92 Å². The van der Waals surface area contributed by atoms with Crippen LogP contribution in [0, 0.1) is 6.92 Å². The Kier molecular flexibility index (Phi) is 4.77. The Morgan fingerprint density at radius 2 is 1.81 bits per heavy atom. The molecule has 27 heavy (non-hydrogen) atoms. The van der Waals surface area contributed by atoms with E-state index in [9.17, 15) is 4.79 Å². The van der Waals surface area contributed by atoms with Crippen molar-refractivity contribution in [1.82, 2.24) is 9.88 Å². The standard InChI is InChI=1S/C22H24N4O/c1-16-15-17(7-8-21(16)26-13-11-25(2)12-14-26)24-22(27)19-9-10-23-20-6-4-3-5-18(19)20/h3-10,15H,11-14H2,1-2H3,(H,24,27). The first-order valence-electron chi connectivity index (χ1n) is 9.31. The fourth-order valence-electron chi connectivity index (χ4n) is 3.63. The predicted octanol–water partition coefficient (Wildman–Crippen LogP) is 3.55. The summed E-state index contributed by atoms with van der Waals surface area (Å²) >= 11 is 0. The summed E-state index contributed by atoms with van der Waals surface area (Å²) in [5.74, 6) is -0.111. The van der Waals surface area contributed by atoms with Gasteiger partial charge < -0.3 is 15.1 Å². The van der Waals surface area contributed by atoms with Crippen molar-refractivity contribution in [3.63, 3.8) is 0 Å². The molecule has 5 heteroatoms. The number of nitrogens with zero attached hydrogens (tertiary/aromatic N) is 3. The number of aromatic nitrogens is 1. The molecule has 1 fully saturated rings. The quantitative estimate of drug-likeness (QED) is 0.776. The second-order valence-corrected chi connectivity index (χ2v) is 7.12. The molecule has 1 amide bonds. The van der Waals surface area contributed by atoms with Crippen LogP contribution < -0.4 is 10.2 Å². The lowest BCUT2D eigenvalue weighted by Crippen LogP contribution is -2.44. The third kappa shape index (κ3) is 3.64. The number of aryl methyl sites for hydroxylation is 1. The summed E-state index contributed by atoms with van der Waals surface area (Å²) in [5.41, 5.74) is 4.71. The molecular weight excluding hydrogens is 336 g/mol. The second-order valence-electron chi connectivity index (χ2n) is 7.12. The van der Waals surface area contributed by atoms with Gasteiger partial charge in [-0.15, -0.1) is 0 Å². The van der Waals surface area contributed by atoms with Crippen LogP contribution in [0.2, 0.25) is 0 Å². The first-order chi connectivity index (χ1) is 13.1.